The van der Waals surface area contributed by atoms with Crippen molar-refractivity contribution in [3.63, 3.8) is 0 Å². The summed E-state index contributed by atoms with van der Waals surface area (Å²) >= 11 is 5.87. The highest BCUT2D eigenvalue weighted by Gasteiger charge is 2.18. The lowest BCUT2D eigenvalue weighted by Crippen LogP contribution is -2.34. The van der Waals surface area contributed by atoms with Gasteiger partial charge in [0.15, 0.2) is 0 Å². The Hall–Kier alpha value is -1.06. The Kier molecular flexibility index (Phi) is 5.63. The average Bonchev–Trinajstić information content (AvgIpc) is 2.35. The third kappa shape index (κ3) is 4.31. The Morgan fingerprint density at radius 1 is 1.33 bits per heavy atom. The predicted molar refractivity (Wildman–Crippen MR) is 74.2 cm³/mol. The number of aliphatic carboxylic acids is 1. The molecule has 1 aromatic carbocycles. The van der Waals surface area contributed by atoms with Crippen LogP contribution in [0.3, 0.4) is 0 Å². The van der Waals surface area contributed by atoms with Gasteiger partial charge in [-0.05, 0) is 37.6 Å². The molecule has 0 saturated heterocycles. The fourth-order valence-electron chi connectivity index (χ4n) is 1.90. The van der Waals surface area contributed by atoms with E-state index in [2.05, 4.69) is 18.7 Å². The van der Waals surface area contributed by atoms with Gasteiger partial charge in [-0.15, -0.1) is 0 Å². The van der Waals surface area contributed by atoms with E-state index in [-0.39, 0.29) is 12.5 Å². The summed E-state index contributed by atoms with van der Waals surface area (Å²) < 4.78 is 0. The van der Waals surface area contributed by atoms with Crippen LogP contribution in [-0.2, 0) is 4.79 Å². The van der Waals surface area contributed by atoms with Crippen molar-refractivity contribution >= 4 is 17.6 Å². The van der Waals surface area contributed by atoms with E-state index >= 15 is 0 Å². The van der Waals surface area contributed by atoms with Crippen LogP contribution in [0, 0.1) is 0 Å². The van der Waals surface area contributed by atoms with E-state index in [9.17, 15) is 4.79 Å². The van der Waals surface area contributed by atoms with Crippen LogP contribution in [0.1, 0.15) is 31.7 Å². The van der Waals surface area contributed by atoms with Crippen molar-refractivity contribution in [1.82, 2.24) is 4.90 Å². The number of likely N-dealkylation sites (N-methyl/N-ethyl adjacent to an activating group) is 1. The summed E-state index contributed by atoms with van der Waals surface area (Å²) in [5, 5.41) is 9.42. The van der Waals surface area contributed by atoms with E-state index in [1.807, 2.05) is 31.3 Å². The van der Waals surface area contributed by atoms with E-state index < -0.39 is 5.97 Å². The normalized spacial score (nSPS) is 14.5. The second-order valence-electron chi connectivity index (χ2n) is 4.71. The molecular formula is C14H20ClNO2. The smallest absolute Gasteiger partial charge is 0.304 e. The molecule has 0 fully saturated rings. The summed E-state index contributed by atoms with van der Waals surface area (Å²) in [7, 11) is 1.96. The number of carbonyl (C=O) groups is 1. The van der Waals surface area contributed by atoms with Gasteiger partial charge in [-0.1, -0.05) is 30.7 Å². The molecule has 18 heavy (non-hydrogen) atoms. The largest absolute Gasteiger partial charge is 0.481 e. The first-order valence-electron chi connectivity index (χ1n) is 6.09. The maximum absolute atomic E-state index is 10.6. The SMILES string of the molecule is C[C@H]([C@@H](C)c1ccc(Cl)cc1)N(C)CCC(=O)O. The minimum Gasteiger partial charge on any atom is -0.481 e. The van der Waals surface area contributed by atoms with Crippen LogP contribution in [0.5, 0.6) is 0 Å². The van der Waals surface area contributed by atoms with Crippen molar-refractivity contribution in [3.8, 4) is 0 Å². The number of nitrogens with zero attached hydrogens (tertiary/aromatic N) is 1. The predicted octanol–water partition coefficient (Wildman–Crippen LogP) is 3.24. The molecule has 100 valence electrons. The van der Waals surface area contributed by atoms with Gasteiger partial charge in [0.2, 0.25) is 0 Å². The molecule has 0 aliphatic heterocycles. The van der Waals surface area contributed by atoms with Crippen molar-refractivity contribution in [2.45, 2.75) is 32.2 Å². The van der Waals surface area contributed by atoms with Gasteiger partial charge in [0.05, 0.1) is 6.42 Å². The summed E-state index contributed by atoms with van der Waals surface area (Å²) in [5.41, 5.74) is 1.22. The van der Waals surface area contributed by atoms with Crippen molar-refractivity contribution in [1.29, 1.82) is 0 Å². The highest BCUT2D eigenvalue weighted by molar-refractivity contribution is 6.30. The molecule has 0 aliphatic rings. The van der Waals surface area contributed by atoms with Crippen LogP contribution < -0.4 is 0 Å². The summed E-state index contributed by atoms with van der Waals surface area (Å²) in [4.78, 5) is 12.6. The van der Waals surface area contributed by atoms with E-state index in [4.69, 9.17) is 16.7 Å². The minimum absolute atomic E-state index is 0.175. The van der Waals surface area contributed by atoms with Crippen LogP contribution in [0.2, 0.25) is 5.02 Å². The van der Waals surface area contributed by atoms with Crippen molar-refractivity contribution in [2.75, 3.05) is 13.6 Å². The van der Waals surface area contributed by atoms with Crippen LogP contribution in [0.4, 0.5) is 0 Å². The van der Waals surface area contributed by atoms with Crippen LogP contribution >= 0.6 is 11.6 Å². The molecule has 4 heteroatoms. The fraction of sp³-hybridized carbons (Fsp3) is 0.500. The summed E-state index contributed by atoms with van der Waals surface area (Å²) in [6, 6.07) is 8.10. The van der Waals surface area contributed by atoms with Gasteiger partial charge in [0.1, 0.15) is 0 Å². The second kappa shape index (κ2) is 6.76. The van der Waals surface area contributed by atoms with E-state index in [1.165, 1.54) is 5.56 Å². The average molecular weight is 270 g/mol. The molecular weight excluding hydrogens is 250 g/mol. The Labute approximate surface area is 113 Å². The lowest BCUT2D eigenvalue weighted by molar-refractivity contribution is -0.137. The highest BCUT2D eigenvalue weighted by Crippen LogP contribution is 2.23. The highest BCUT2D eigenvalue weighted by atomic mass is 35.5. The number of hydrogen-bond acceptors (Lipinski definition) is 2. The lowest BCUT2D eigenvalue weighted by atomic mass is 9.93. The first kappa shape index (κ1) is 15.0. The molecule has 0 saturated carbocycles. The van der Waals surface area contributed by atoms with E-state index in [0.717, 1.165) is 5.02 Å². The molecule has 1 rings (SSSR count). The van der Waals surface area contributed by atoms with Gasteiger partial charge >= 0.3 is 5.97 Å². The molecule has 0 radical (unpaired) electrons. The fourth-order valence-corrected chi connectivity index (χ4v) is 2.03. The van der Waals surface area contributed by atoms with Gasteiger partial charge in [-0.2, -0.15) is 0 Å². The van der Waals surface area contributed by atoms with Gasteiger partial charge in [-0.25, -0.2) is 0 Å². The summed E-state index contributed by atoms with van der Waals surface area (Å²) in [6.07, 6.45) is 0.175. The number of carboxylic acids is 1. The van der Waals surface area contributed by atoms with Crippen LogP contribution in [-0.4, -0.2) is 35.6 Å². The Morgan fingerprint density at radius 2 is 1.89 bits per heavy atom. The summed E-state index contributed by atoms with van der Waals surface area (Å²) in [6.45, 7) is 4.82. The van der Waals surface area contributed by atoms with Gasteiger partial charge in [0.25, 0.3) is 0 Å². The van der Waals surface area contributed by atoms with Crippen LogP contribution in [0.25, 0.3) is 0 Å². The topological polar surface area (TPSA) is 40.5 Å². The molecule has 0 spiro atoms. The number of carboxylic acid groups (broad SMARTS) is 1. The number of benzene rings is 1. The molecule has 1 N–H and O–H groups in total. The molecule has 1 aromatic rings. The van der Waals surface area contributed by atoms with E-state index in [1.54, 1.807) is 0 Å². The lowest BCUT2D eigenvalue weighted by Gasteiger charge is -2.29. The quantitative estimate of drug-likeness (QED) is 0.862. The minimum atomic E-state index is -0.756. The second-order valence-corrected chi connectivity index (χ2v) is 5.14. The van der Waals surface area contributed by atoms with E-state index in [0.29, 0.717) is 12.5 Å². The molecule has 0 bridgehead atoms. The third-order valence-corrected chi connectivity index (χ3v) is 3.75. The number of halogens is 1. The number of rotatable bonds is 6. The molecule has 0 aliphatic carbocycles. The zero-order valence-corrected chi connectivity index (χ0v) is 11.8. The van der Waals surface area contributed by atoms with Crippen molar-refractivity contribution in [3.05, 3.63) is 34.9 Å². The third-order valence-electron chi connectivity index (χ3n) is 3.49. The molecule has 3 nitrogen and oxygen atoms in total. The molecule has 0 heterocycles. The first-order chi connectivity index (χ1) is 8.41. The van der Waals surface area contributed by atoms with Gasteiger partial charge in [0, 0.05) is 17.6 Å². The monoisotopic (exact) mass is 269 g/mol. The molecule has 0 aromatic heterocycles. The standard InChI is InChI=1S/C14H20ClNO2/c1-10(12-4-6-13(15)7-5-12)11(2)16(3)9-8-14(17)18/h4-7,10-11H,8-9H2,1-3H3,(H,17,18)/t10-,11-/m1/s1. The Morgan fingerprint density at radius 3 is 2.39 bits per heavy atom. The molecule has 0 amide bonds. The van der Waals surface area contributed by atoms with Gasteiger partial charge in [-0.3, -0.25) is 4.79 Å². The molecule has 2 atom stereocenters. The maximum Gasteiger partial charge on any atom is 0.304 e. The summed E-state index contributed by atoms with van der Waals surface area (Å²) in [5.74, 6) is -0.422. The zero-order chi connectivity index (χ0) is 13.7. The first-order valence-corrected chi connectivity index (χ1v) is 6.47. The van der Waals surface area contributed by atoms with Gasteiger partial charge < -0.3 is 10.0 Å². The van der Waals surface area contributed by atoms with Crippen molar-refractivity contribution < 1.29 is 9.90 Å². The van der Waals surface area contributed by atoms with Crippen molar-refractivity contribution in [2.24, 2.45) is 0 Å². The zero-order valence-electron chi connectivity index (χ0n) is 11.1. The maximum atomic E-state index is 10.6. The molecule has 0 unspecified atom stereocenters. The number of hydrogen-bond donors (Lipinski definition) is 1. The Bertz CT molecular complexity index is 391. The Balaban J connectivity index is 2.62. The van der Waals surface area contributed by atoms with Crippen LogP contribution in [0.15, 0.2) is 24.3 Å².